The molecule has 1 saturated heterocycles. The maximum absolute atomic E-state index is 13.5. The lowest BCUT2D eigenvalue weighted by Gasteiger charge is -2.21. The van der Waals surface area contributed by atoms with Gasteiger partial charge in [-0.2, -0.15) is 13.2 Å². The van der Waals surface area contributed by atoms with E-state index in [1.54, 1.807) is 23.7 Å². The molecule has 9 heteroatoms. The zero-order chi connectivity index (χ0) is 24.1. The number of benzene rings is 2. The molecule has 0 bridgehead atoms. The third kappa shape index (κ3) is 4.33. The van der Waals surface area contributed by atoms with Crippen LogP contribution < -0.4 is 0 Å². The first kappa shape index (κ1) is 23.0. The Bertz CT molecular complexity index is 1170. The number of aromatic nitrogens is 3. The maximum Gasteiger partial charge on any atom is 0.416 e. The predicted octanol–water partition coefficient (Wildman–Crippen LogP) is 5.38. The second kappa shape index (κ2) is 8.45. The minimum Gasteiger partial charge on any atom is -0.314 e. The third-order valence-corrected chi connectivity index (χ3v) is 7.21. The first-order valence-corrected chi connectivity index (χ1v) is 11.4. The van der Waals surface area contributed by atoms with Gasteiger partial charge in [-0.25, -0.2) is 8.78 Å². The van der Waals surface area contributed by atoms with Crippen molar-refractivity contribution in [2.45, 2.75) is 37.3 Å². The van der Waals surface area contributed by atoms with Gasteiger partial charge in [0.05, 0.1) is 5.56 Å². The van der Waals surface area contributed by atoms with Gasteiger partial charge >= 0.3 is 6.18 Å². The molecule has 2 fully saturated rings. The van der Waals surface area contributed by atoms with Crippen molar-refractivity contribution in [1.29, 1.82) is 0 Å². The second-order valence-corrected chi connectivity index (χ2v) is 9.48. The van der Waals surface area contributed by atoms with Crippen LogP contribution in [0.2, 0.25) is 0 Å². The average Bonchev–Trinajstić information content (AvgIpc) is 3.15. The molecule has 0 N–H and O–H groups in total. The molecule has 2 aromatic carbocycles. The Balaban J connectivity index is 1.13. The highest BCUT2D eigenvalue weighted by Crippen LogP contribution is 2.59. The number of likely N-dealkylation sites (tertiary alicyclic amines) is 1. The number of halogens is 5. The van der Waals surface area contributed by atoms with Crippen molar-refractivity contribution in [3.63, 3.8) is 0 Å². The van der Waals surface area contributed by atoms with Gasteiger partial charge in [0.25, 0.3) is 0 Å². The number of rotatable bonds is 7. The molecular weight excluding hydrogens is 451 g/mol. The number of alkyl halides is 3. The van der Waals surface area contributed by atoms with Crippen molar-refractivity contribution in [3.05, 3.63) is 71.1 Å². The van der Waals surface area contributed by atoms with E-state index in [9.17, 15) is 22.0 Å². The molecule has 1 aromatic heterocycles. The molecule has 2 aliphatic rings. The van der Waals surface area contributed by atoms with Crippen molar-refractivity contribution in [2.75, 3.05) is 19.6 Å². The van der Waals surface area contributed by atoms with E-state index in [-0.39, 0.29) is 5.41 Å². The first-order chi connectivity index (χ1) is 16.2. The molecule has 0 amide bonds. The number of hydrogen-bond donors (Lipinski definition) is 0. The van der Waals surface area contributed by atoms with E-state index in [0.717, 1.165) is 56.4 Å². The van der Waals surface area contributed by atoms with Crippen LogP contribution in [0.3, 0.4) is 0 Å². The monoisotopic (exact) mass is 476 g/mol. The van der Waals surface area contributed by atoms with Crippen molar-refractivity contribution in [2.24, 2.45) is 13.0 Å². The van der Waals surface area contributed by atoms with E-state index in [0.29, 0.717) is 23.7 Å². The van der Waals surface area contributed by atoms with Gasteiger partial charge in [0.15, 0.2) is 5.82 Å². The molecule has 0 spiro atoms. The summed E-state index contributed by atoms with van der Waals surface area (Å²) in [6, 6.07) is 8.96. The smallest absolute Gasteiger partial charge is 0.314 e. The number of piperidine rings is 1. The standard InChI is InChI=1S/C25H25F5N4/c1-33-22(31-32-23(33)16-10-20(26)12-21(27)11-16)4-2-3-9-34-14-19-13-24(19,15-34)17-5-7-18(8-6-17)25(28,29)30/h5-8,10-12,19H,2-4,9,13-15H2,1H3/t19-,24+/m0/s1. The molecule has 0 unspecified atom stereocenters. The molecule has 1 saturated carbocycles. The van der Waals surface area contributed by atoms with Gasteiger partial charge in [0.2, 0.25) is 0 Å². The number of aryl methyl sites for hydroxylation is 1. The van der Waals surface area contributed by atoms with Crippen LogP contribution in [0, 0.1) is 17.6 Å². The molecule has 3 aromatic rings. The van der Waals surface area contributed by atoms with E-state index in [1.807, 2.05) is 0 Å². The predicted molar refractivity (Wildman–Crippen MR) is 117 cm³/mol. The minimum atomic E-state index is -4.31. The van der Waals surface area contributed by atoms with Gasteiger partial charge < -0.3 is 9.47 Å². The normalized spacial score (nSPS) is 22.2. The van der Waals surface area contributed by atoms with E-state index in [2.05, 4.69) is 15.1 Å². The largest absolute Gasteiger partial charge is 0.416 e. The molecule has 4 nitrogen and oxygen atoms in total. The summed E-state index contributed by atoms with van der Waals surface area (Å²) in [6.07, 6.45) is -0.734. The van der Waals surface area contributed by atoms with Gasteiger partial charge in [-0.05, 0) is 61.6 Å². The summed E-state index contributed by atoms with van der Waals surface area (Å²) >= 11 is 0. The molecule has 2 atom stereocenters. The van der Waals surface area contributed by atoms with Gasteiger partial charge in [-0.15, -0.1) is 10.2 Å². The third-order valence-electron chi connectivity index (χ3n) is 7.21. The zero-order valence-corrected chi connectivity index (χ0v) is 18.7. The van der Waals surface area contributed by atoms with Crippen molar-refractivity contribution >= 4 is 0 Å². The Morgan fingerprint density at radius 1 is 1.00 bits per heavy atom. The summed E-state index contributed by atoms with van der Waals surface area (Å²) in [4.78, 5) is 2.39. The van der Waals surface area contributed by atoms with Gasteiger partial charge in [0, 0.05) is 43.6 Å². The van der Waals surface area contributed by atoms with Gasteiger partial charge in [0.1, 0.15) is 17.5 Å². The fraction of sp³-hybridized carbons (Fsp3) is 0.440. The lowest BCUT2D eigenvalue weighted by Crippen LogP contribution is -2.27. The van der Waals surface area contributed by atoms with Crippen LogP contribution in [0.1, 0.15) is 36.2 Å². The molecule has 1 aliphatic carbocycles. The molecule has 0 radical (unpaired) electrons. The van der Waals surface area contributed by atoms with Crippen molar-refractivity contribution < 1.29 is 22.0 Å². The highest BCUT2D eigenvalue weighted by molar-refractivity contribution is 5.55. The van der Waals surface area contributed by atoms with Crippen molar-refractivity contribution in [1.82, 2.24) is 19.7 Å². The van der Waals surface area contributed by atoms with E-state index in [4.69, 9.17) is 0 Å². The minimum absolute atomic E-state index is 0.00283. The topological polar surface area (TPSA) is 34.0 Å². The van der Waals surface area contributed by atoms with E-state index < -0.39 is 23.4 Å². The molecule has 1 aliphatic heterocycles. The zero-order valence-electron chi connectivity index (χ0n) is 18.7. The summed E-state index contributed by atoms with van der Waals surface area (Å²) in [7, 11) is 1.79. The SMILES string of the molecule is Cn1c(CCCCN2C[C@@H]3C[C@]3(c3ccc(C(F)(F)F)cc3)C2)nnc1-c1cc(F)cc(F)c1. The quantitative estimate of drug-likeness (QED) is 0.339. The van der Waals surface area contributed by atoms with Crippen LogP contribution in [0.15, 0.2) is 42.5 Å². The number of hydrogen-bond acceptors (Lipinski definition) is 3. The van der Waals surface area contributed by atoms with Crippen molar-refractivity contribution in [3.8, 4) is 11.4 Å². The Hall–Kier alpha value is -2.81. The number of nitrogens with zero attached hydrogens (tertiary/aromatic N) is 4. The van der Waals surface area contributed by atoms with Crippen LogP contribution >= 0.6 is 0 Å². The fourth-order valence-corrected chi connectivity index (χ4v) is 5.33. The second-order valence-electron chi connectivity index (χ2n) is 9.48. The Morgan fingerprint density at radius 2 is 1.71 bits per heavy atom. The summed E-state index contributed by atoms with van der Waals surface area (Å²) in [5.74, 6) is 0.378. The lowest BCUT2D eigenvalue weighted by molar-refractivity contribution is -0.137. The summed E-state index contributed by atoms with van der Waals surface area (Å²) < 4.78 is 67.4. The first-order valence-electron chi connectivity index (χ1n) is 11.4. The van der Waals surface area contributed by atoms with Crippen LogP contribution in [0.25, 0.3) is 11.4 Å². The molecular formula is C25H25F5N4. The summed E-state index contributed by atoms with van der Waals surface area (Å²) in [6.45, 7) is 2.77. The van der Waals surface area contributed by atoms with Crippen LogP contribution in [0.5, 0.6) is 0 Å². The van der Waals surface area contributed by atoms with Crippen LogP contribution in [-0.4, -0.2) is 39.3 Å². The van der Waals surface area contributed by atoms with E-state index >= 15 is 0 Å². The number of fused-ring (bicyclic) bond motifs is 1. The summed E-state index contributed by atoms with van der Waals surface area (Å²) in [5, 5.41) is 8.29. The van der Waals surface area contributed by atoms with Crippen LogP contribution in [0.4, 0.5) is 22.0 Å². The lowest BCUT2D eigenvalue weighted by atomic mass is 9.94. The molecule has 34 heavy (non-hydrogen) atoms. The number of unbranched alkanes of at least 4 members (excludes halogenated alkanes) is 1. The Labute approximate surface area is 194 Å². The average molecular weight is 476 g/mol. The maximum atomic E-state index is 13.5. The van der Waals surface area contributed by atoms with Gasteiger partial charge in [-0.3, -0.25) is 0 Å². The molecule has 2 heterocycles. The van der Waals surface area contributed by atoms with Gasteiger partial charge in [-0.1, -0.05) is 12.1 Å². The Morgan fingerprint density at radius 3 is 2.38 bits per heavy atom. The molecule has 5 rings (SSSR count). The van der Waals surface area contributed by atoms with Crippen LogP contribution in [-0.2, 0) is 25.1 Å². The highest BCUT2D eigenvalue weighted by Gasteiger charge is 2.60. The Kier molecular flexibility index (Phi) is 5.70. The molecule has 180 valence electrons. The highest BCUT2D eigenvalue weighted by atomic mass is 19.4. The summed E-state index contributed by atoms with van der Waals surface area (Å²) in [5.41, 5.74) is 0.759. The fourth-order valence-electron chi connectivity index (χ4n) is 5.33. The van der Waals surface area contributed by atoms with E-state index in [1.165, 1.54) is 24.3 Å².